The number of carbonyl (C=O) groups is 2. The van der Waals surface area contributed by atoms with Crippen molar-refractivity contribution in [2.75, 3.05) is 40.1 Å². The molecular weight excluding hydrogens is 796 g/mol. The van der Waals surface area contributed by atoms with Gasteiger partial charge in [-0.2, -0.15) is 0 Å². The number of methoxy groups -OCH3 is 1. The number of aldehydes is 1. The highest BCUT2D eigenvalue weighted by Gasteiger charge is 2.65. The maximum atomic E-state index is 14.5. The van der Waals surface area contributed by atoms with Gasteiger partial charge in [-0.05, 0) is 111 Å². The second-order valence-electron chi connectivity index (χ2n) is 15.8. The summed E-state index contributed by atoms with van der Waals surface area (Å²) in [5.41, 5.74) is 3.37. The molecule has 0 radical (unpaired) electrons. The number of amides is 1. The van der Waals surface area contributed by atoms with Crippen molar-refractivity contribution in [2.45, 2.75) is 82.6 Å². The van der Waals surface area contributed by atoms with Crippen LogP contribution in [0.2, 0.25) is 0 Å². The monoisotopic (exact) mass is 854 g/mol. The van der Waals surface area contributed by atoms with Crippen LogP contribution in [-0.4, -0.2) is 85.2 Å². The van der Waals surface area contributed by atoms with Crippen molar-refractivity contribution in [3.63, 3.8) is 0 Å². The second-order valence-corrected chi connectivity index (χ2v) is 15.8. The van der Waals surface area contributed by atoms with Crippen molar-refractivity contribution in [1.29, 1.82) is 0 Å². The van der Waals surface area contributed by atoms with Gasteiger partial charge in [-0.15, -0.1) is 13.2 Å². The number of rotatable bonds is 23. The Hall–Kier alpha value is -5.50. The number of carbonyl (C=O) groups excluding carboxylic acids is 2. The number of hydrogen-bond donors (Lipinski definition) is 2. The fourth-order valence-electron chi connectivity index (χ4n) is 9.26. The molecule has 2 N–H and O–H groups in total. The smallest absolute Gasteiger partial charge is 0.410 e. The molecule has 0 spiro atoms. The number of benzene rings is 3. The minimum absolute atomic E-state index is 0.0171. The largest absolute Gasteiger partial charge is 0.496 e. The van der Waals surface area contributed by atoms with E-state index in [1.54, 1.807) is 53.5 Å². The van der Waals surface area contributed by atoms with Crippen molar-refractivity contribution in [3.8, 4) is 23.0 Å². The van der Waals surface area contributed by atoms with Crippen LogP contribution in [0.15, 0.2) is 103 Å². The van der Waals surface area contributed by atoms with Gasteiger partial charge >= 0.3 is 6.09 Å². The number of fused-ring (bicyclic) bond motifs is 2. The molecule has 332 valence electrons. The van der Waals surface area contributed by atoms with Crippen LogP contribution in [0.4, 0.5) is 9.18 Å². The summed E-state index contributed by atoms with van der Waals surface area (Å²) in [7, 11) is 1.50. The van der Waals surface area contributed by atoms with Gasteiger partial charge in [0.15, 0.2) is 6.29 Å². The van der Waals surface area contributed by atoms with Crippen molar-refractivity contribution < 1.29 is 52.7 Å². The van der Waals surface area contributed by atoms with E-state index in [9.17, 15) is 24.2 Å². The van der Waals surface area contributed by atoms with Crippen LogP contribution in [0.5, 0.6) is 23.0 Å². The average Bonchev–Trinajstić information content (AvgIpc) is 3.28. The molecule has 13 heteroatoms. The lowest BCUT2D eigenvalue weighted by molar-refractivity contribution is -0.256. The number of oxime groups is 1. The van der Waals surface area contributed by atoms with E-state index in [4.69, 9.17) is 33.7 Å². The molecule has 1 saturated carbocycles. The van der Waals surface area contributed by atoms with E-state index in [-0.39, 0.29) is 57.1 Å². The topological polar surface area (TPSA) is 146 Å². The summed E-state index contributed by atoms with van der Waals surface area (Å²) in [6.45, 7) is 10.3. The number of ether oxygens (including phenoxy) is 5. The lowest BCUT2D eigenvalue weighted by atomic mass is 9.55. The van der Waals surface area contributed by atoms with Crippen LogP contribution in [-0.2, 0) is 20.9 Å². The quantitative estimate of drug-likeness (QED) is 0.0410. The molecule has 3 aliphatic rings. The molecule has 1 heterocycles. The minimum atomic E-state index is -1.54. The summed E-state index contributed by atoms with van der Waals surface area (Å²) in [5.74, 6) is -0.937. The van der Waals surface area contributed by atoms with Gasteiger partial charge in [-0.1, -0.05) is 48.4 Å². The normalized spacial score (nSPS) is 22.9. The van der Waals surface area contributed by atoms with Crippen molar-refractivity contribution in [1.82, 2.24) is 4.90 Å². The number of hydrogen-bond acceptors (Lipinski definition) is 11. The molecule has 0 saturated heterocycles. The van der Waals surface area contributed by atoms with Gasteiger partial charge in [0, 0.05) is 37.7 Å². The Labute approximate surface area is 363 Å². The minimum Gasteiger partial charge on any atom is -0.496 e. The van der Waals surface area contributed by atoms with Crippen molar-refractivity contribution in [2.24, 2.45) is 22.9 Å². The summed E-state index contributed by atoms with van der Waals surface area (Å²) in [5, 5.41) is 24.6. The molecule has 3 aromatic carbocycles. The molecule has 1 amide bonds. The van der Waals surface area contributed by atoms with Crippen LogP contribution < -0.4 is 14.2 Å². The zero-order valence-corrected chi connectivity index (χ0v) is 35.7. The molecule has 62 heavy (non-hydrogen) atoms. The molecule has 6 atom stereocenters. The first kappa shape index (κ1) is 46.0. The zero-order valence-electron chi connectivity index (χ0n) is 35.7. The Morgan fingerprint density at radius 2 is 1.74 bits per heavy atom. The number of allylic oxidation sites excluding steroid dienone is 1. The Balaban J connectivity index is 1.59. The molecule has 6 unspecified atom stereocenters. The first-order valence-corrected chi connectivity index (χ1v) is 21.6. The van der Waals surface area contributed by atoms with Crippen LogP contribution >= 0.6 is 0 Å². The van der Waals surface area contributed by atoms with Gasteiger partial charge in [0.25, 0.3) is 0 Å². The van der Waals surface area contributed by atoms with Crippen molar-refractivity contribution >= 4 is 18.1 Å². The molecule has 0 bridgehead atoms. The lowest BCUT2D eigenvalue weighted by Crippen LogP contribution is -2.70. The number of aliphatic hydroxyl groups is 2. The maximum Gasteiger partial charge on any atom is 0.410 e. The number of halogens is 1. The number of unbranched alkanes of at least 4 members (excludes halogenated alkanes) is 2. The molecule has 6 rings (SSSR count). The molecule has 3 aromatic rings. The van der Waals surface area contributed by atoms with Gasteiger partial charge in [0.2, 0.25) is 5.79 Å². The Kier molecular flexibility index (Phi) is 16.4. The molecular formula is C49H59FN2O10. The highest BCUT2D eigenvalue weighted by molar-refractivity contribution is 6.03. The predicted octanol–water partition coefficient (Wildman–Crippen LogP) is 9.31. The lowest BCUT2D eigenvalue weighted by Gasteiger charge is -2.59. The van der Waals surface area contributed by atoms with E-state index < -0.39 is 29.7 Å². The van der Waals surface area contributed by atoms with Gasteiger partial charge < -0.3 is 38.7 Å². The SMILES string of the molecule is C=CCCOC(=O)N(Cc1ccc(F)cc1)C1CC(=NOCC)C2=CC(CCCCO)C(CCCCO)C3c4cc(Oc5ccc(OC)c(C=O)c5)ccc4OC1(OCC=C)C23. The van der Waals surface area contributed by atoms with Gasteiger partial charge in [0.1, 0.15) is 41.5 Å². The second kappa shape index (κ2) is 22.0. The van der Waals surface area contributed by atoms with E-state index >= 15 is 0 Å². The standard InChI is InChI=1S/C49H59FN2O10/c1-5-8-26-58-48(56)52(31-33-15-17-36(50)18-16-33)45-30-42(51-60-7-3)40-28-34(13-9-11-23-53)39(14-10-12-24-54)46-41-29-38(61-37-19-21-43(57-4)35(27-37)32-55)20-22-44(41)62-49(45,47(40)46)59-25-6-2/h5-6,15-22,27-29,32,34,39,45-47,53-54H,1-2,7-14,23-26,30-31H2,3-4H3. The van der Waals surface area contributed by atoms with Crippen molar-refractivity contribution in [3.05, 3.63) is 120 Å². The Morgan fingerprint density at radius 3 is 2.44 bits per heavy atom. The molecule has 2 aliphatic carbocycles. The van der Waals surface area contributed by atoms with Gasteiger partial charge in [-0.3, -0.25) is 9.69 Å². The van der Waals surface area contributed by atoms with Crippen LogP contribution in [0.25, 0.3) is 0 Å². The molecule has 1 fully saturated rings. The summed E-state index contributed by atoms with van der Waals surface area (Å²) >= 11 is 0. The number of aliphatic hydroxyl groups excluding tert-OH is 2. The van der Waals surface area contributed by atoms with Gasteiger partial charge in [-0.25, -0.2) is 9.18 Å². The summed E-state index contributed by atoms with van der Waals surface area (Å²) in [4.78, 5) is 33.9. The first-order valence-electron chi connectivity index (χ1n) is 21.6. The van der Waals surface area contributed by atoms with E-state index in [1.807, 2.05) is 19.1 Å². The zero-order chi connectivity index (χ0) is 44.1. The summed E-state index contributed by atoms with van der Waals surface area (Å²) in [6.07, 6.45) is 10.6. The summed E-state index contributed by atoms with van der Waals surface area (Å²) < 4.78 is 46.3. The Bertz CT molecular complexity index is 2070. The van der Waals surface area contributed by atoms with E-state index in [0.717, 1.165) is 36.8 Å². The third-order valence-corrected chi connectivity index (χ3v) is 11.9. The predicted molar refractivity (Wildman–Crippen MR) is 233 cm³/mol. The summed E-state index contributed by atoms with van der Waals surface area (Å²) in [6, 6.07) is 15.8. The van der Waals surface area contributed by atoms with Crippen LogP contribution in [0, 0.1) is 23.6 Å². The highest BCUT2D eigenvalue weighted by Crippen LogP contribution is 2.62. The third-order valence-electron chi connectivity index (χ3n) is 11.9. The van der Waals surface area contributed by atoms with Crippen LogP contribution in [0.1, 0.15) is 85.7 Å². The fourth-order valence-corrected chi connectivity index (χ4v) is 9.26. The van der Waals surface area contributed by atoms with E-state index in [2.05, 4.69) is 19.2 Å². The molecule has 1 aliphatic heterocycles. The van der Waals surface area contributed by atoms with Gasteiger partial charge in [0.05, 0.1) is 37.5 Å². The Morgan fingerprint density at radius 1 is 1.00 bits per heavy atom. The maximum absolute atomic E-state index is 14.5. The average molecular weight is 855 g/mol. The number of nitrogens with zero attached hydrogens (tertiary/aromatic N) is 2. The van der Waals surface area contributed by atoms with Crippen LogP contribution in [0.3, 0.4) is 0 Å². The first-order chi connectivity index (χ1) is 30.2. The molecule has 0 aromatic heterocycles. The van der Waals surface area contributed by atoms with E-state index in [0.29, 0.717) is 72.0 Å². The fraction of sp³-hybridized carbons (Fsp3) is 0.449. The van der Waals surface area contributed by atoms with E-state index in [1.165, 1.54) is 19.2 Å². The highest BCUT2D eigenvalue weighted by atomic mass is 19.1. The third kappa shape index (κ3) is 10.2. The molecule has 12 nitrogen and oxygen atoms in total.